The Hall–Kier alpha value is -2.60. The molecule has 1 aliphatic rings. The smallest absolute Gasteiger partial charge is 0.242 e. The Labute approximate surface area is 172 Å². The van der Waals surface area contributed by atoms with Crippen LogP contribution in [0.15, 0.2) is 46.9 Å². The molecule has 156 valence electrons. The standard InChI is InChI=1S/C23H30N2O4/c1-3-22(26)25(15-20-10-7-13-28-20)17-23(27)24(14-19-8-5-4-6-9-19)16-21-12-11-18(2)29-21/h4-6,8-9,11-12,20H,3,7,10,13-17H2,1-2H3. The van der Waals surface area contributed by atoms with Crippen LogP contribution in [0, 0.1) is 6.92 Å². The van der Waals surface area contributed by atoms with Gasteiger partial charge >= 0.3 is 0 Å². The van der Waals surface area contributed by atoms with Gasteiger partial charge in [0, 0.05) is 26.1 Å². The number of aryl methyl sites for hydroxylation is 1. The van der Waals surface area contributed by atoms with Gasteiger partial charge in [0.05, 0.1) is 19.2 Å². The van der Waals surface area contributed by atoms with Crippen LogP contribution in [-0.4, -0.2) is 47.4 Å². The molecule has 0 N–H and O–H groups in total. The monoisotopic (exact) mass is 398 g/mol. The third-order valence-corrected chi connectivity index (χ3v) is 5.14. The Kier molecular flexibility index (Phi) is 7.47. The number of nitrogens with zero attached hydrogens (tertiary/aromatic N) is 2. The normalized spacial score (nSPS) is 16.0. The average Bonchev–Trinajstić information content (AvgIpc) is 3.38. The summed E-state index contributed by atoms with van der Waals surface area (Å²) in [6, 6.07) is 13.6. The summed E-state index contributed by atoms with van der Waals surface area (Å²) in [7, 11) is 0. The first-order valence-electron chi connectivity index (χ1n) is 10.3. The van der Waals surface area contributed by atoms with Gasteiger partial charge < -0.3 is 19.0 Å². The largest absolute Gasteiger partial charge is 0.464 e. The molecule has 0 aliphatic carbocycles. The van der Waals surface area contributed by atoms with Crippen molar-refractivity contribution in [3.05, 3.63) is 59.5 Å². The van der Waals surface area contributed by atoms with E-state index in [1.54, 1.807) is 9.80 Å². The van der Waals surface area contributed by atoms with Crippen molar-refractivity contribution in [3.8, 4) is 0 Å². The van der Waals surface area contributed by atoms with Gasteiger partial charge in [-0.2, -0.15) is 0 Å². The lowest BCUT2D eigenvalue weighted by molar-refractivity contribution is -0.142. The van der Waals surface area contributed by atoms with Crippen LogP contribution in [0.3, 0.4) is 0 Å². The van der Waals surface area contributed by atoms with E-state index in [0.29, 0.717) is 26.1 Å². The van der Waals surface area contributed by atoms with Gasteiger partial charge in [-0.1, -0.05) is 37.3 Å². The molecule has 2 heterocycles. The predicted octanol–water partition coefficient (Wildman–Crippen LogP) is 3.53. The van der Waals surface area contributed by atoms with E-state index in [0.717, 1.165) is 36.5 Å². The number of ether oxygens (including phenoxy) is 1. The summed E-state index contributed by atoms with van der Waals surface area (Å²) in [5.41, 5.74) is 1.04. The maximum absolute atomic E-state index is 13.2. The third kappa shape index (κ3) is 6.19. The number of hydrogen-bond donors (Lipinski definition) is 0. The molecule has 0 bridgehead atoms. The summed E-state index contributed by atoms with van der Waals surface area (Å²) in [5, 5.41) is 0. The van der Waals surface area contributed by atoms with Crippen molar-refractivity contribution in [1.29, 1.82) is 0 Å². The van der Waals surface area contributed by atoms with Crippen LogP contribution in [0.25, 0.3) is 0 Å². The maximum Gasteiger partial charge on any atom is 0.242 e. The zero-order valence-corrected chi connectivity index (χ0v) is 17.3. The fraction of sp³-hybridized carbons (Fsp3) is 0.478. The van der Waals surface area contributed by atoms with Crippen molar-refractivity contribution in [1.82, 2.24) is 9.80 Å². The zero-order valence-electron chi connectivity index (χ0n) is 17.3. The fourth-order valence-corrected chi connectivity index (χ4v) is 3.57. The van der Waals surface area contributed by atoms with E-state index in [4.69, 9.17) is 9.15 Å². The highest BCUT2D eigenvalue weighted by Crippen LogP contribution is 2.16. The Morgan fingerprint density at radius 1 is 1.03 bits per heavy atom. The lowest BCUT2D eigenvalue weighted by atomic mass is 10.2. The second kappa shape index (κ2) is 10.3. The van der Waals surface area contributed by atoms with Gasteiger partial charge in [0.1, 0.15) is 11.5 Å². The van der Waals surface area contributed by atoms with Crippen LogP contribution in [-0.2, 0) is 27.4 Å². The van der Waals surface area contributed by atoms with E-state index in [1.807, 2.05) is 56.3 Å². The predicted molar refractivity (Wildman–Crippen MR) is 110 cm³/mol. The Bertz CT molecular complexity index is 796. The van der Waals surface area contributed by atoms with Crippen molar-refractivity contribution in [3.63, 3.8) is 0 Å². The third-order valence-electron chi connectivity index (χ3n) is 5.14. The highest BCUT2D eigenvalue weighted by molar-refractivity contribution is 5.84. The number of carbonyl (C=O) groups is 2. The summed E-state index contributed by atoms with van der Waals surface area (Å²) in [6.45, 7) is 5.79. The lowest BCUT2D eigenvalue weighted by Crippen LogP contribution is -2.45. The van der Waals surface area contributed by atoms with E-state index in [1.165, 1.54) is 0 Å². The SMILES string of the molecule is CCC(=O)N(CC(=O)N(Cc1ccccc1)Cc1ccc(C)o1)CC1CCCO1. The number of carbonyl (C=O) groups excluding carboxylic acids is 2. The Balaban J connectivity index is 1.72. The molecule has 0 spiro atoms. The van der Waals surface area contributed by atoms with Crippen molar-refractivity contribution in [2.24, 2.45) is 0 Å². The lowest BCUT2D eigenvalue weighted by Gasteiger charge is -2.28. The molecule has 1 atom stereocenters. The van der Waals surface area contributed by atoms with Crippen molar-refractivity contribution in [2.45, 2.75) is 52.3 Å². The van der Waals surface area contributed by atoms with E-state index >= 15 is 0 Å². The number of benzene rings is 1. The molecule has 1 aromatic heterocycles. The van der Waals surface area contributed by atoms with Crippen LogP contribution in [0.4, 0.5) is 0 Å². The molecule has 29 heavy (non-hydrogen) atoms. The van der Waals surface area contributed by atoms with E-state index < -0.39 is 0 Å². The molecule has 1 aliphatic heterocycles. The van der Waals surface area contributed by atoms with Gasteiger partial charge in [0.2, 0.25) is 11.8 Å². The molecule has 2 aromatic rings. The van der Waals surface area contributed by atoms with E-state index in [-0.39, 0.29) is 24.5 Å². The molecule has 1 unspecified atom stereocenters. The minimum atomic E-state index is -0.0947. The number of furan rings is 1. The molecular weight excluding hydrogens is 368 g/mol. The topological polar surface area (TPSA) is 63.0 Å². The number of hydrogen-bond acceptors (Lipinski definition) is 4. The first-order chi connectivity index (χ1) is 14.0. The van der Waals surface area contributed by atoms with Crippen molar-refractivity contribution in [2.75, 3.05) is 19.7 Å². The first-order valence-corrected chi connectivity index (χ1v) is 10.3. The quantitative estimate of drug-likeness (QED) is 0.648. The Morgan fingerprint density at radius 3 is 2.45 bits per heavy atom. The van der Waals surface area contributed by atoms with Gasteiger partial charge in [0.25, 0.3) is 0 Å². The van der Waals surface area contributed by atoms with Gasteiger partial charge in [-0.3, -0.25) is 9.59 Å². The average molecular weight is 399 g/mol. The Morgan fingerprint density at radius 2 is 1.83 bits per heavy atom. The highest BCUT2D eigenvalue weighted by Gasteiger charge is 2.26. The van der Waals surface area contributed by atoms with Crippen molar-refractivity contribution < 1.29 is 18.7 Å². The molecule has 3 rings (SSSR count). The summed E-state index contributed by atoms with van der Waals surface area (Å²) >= 11 is 0. The molecule has 6 heteroatoms. The van der Waals surface area contributed by atoms with E-state index in [2.05, 4.69) is 0 Å². The molecule has 1 fully saturated rings. The molecule has 0 saturated carbocycles. The van der Waals surface area contributed by atoms with Gasteiger partial charge in [0.15, 0.2) is 0 Å². The van der Waals surface area contributed by atoms with Crippen LogP contribution in [0.5, 0.6) is 0 Å². The zero-order chi connectivity index (χ0) is 20.6. The van der Waals surface area contributed by atoms with Crippen molar-refractivity contribution >= 4 is 11.8 Å². The second-order valence-corrected chi connectivity index (χ2v) is 7.51. The molecule has 6 nitrogen and oxygen atoms in total. The van der Waals surface area contributed by atoms with Crippen LogP contribution < -0.4 is 0 Å². The summed E-state index contributed by atoms with van der Waals surface area (Å²) in [6.07, 6.45) is 2.33. The van der Waals surface area contributed by atoms with Gasteiger partial charge in [-0.05, 0) is 37.5 Å². The molecule has 0 radical (unpaired) electrons. The first kappa shape index (κ1) is 21.1. The van der Waals surface area contributed by atoms with Crippen LogP contribution in [0.2, 0.25) is 0 Å². The molecule has 1 saturated heterocycles. The maximum atomic E-state index is 13.2. The minimum Gasteiger partial charge on any atom is -0.464 e. The minimum absolute atomic E-state index is 0.0218. The summed E-state index contributed by atoms with van der Waals surface area (Å²) in [5.74, 6) is 1.43. The highest BCUT2D eigenvalue weighted by atomic mass is 16.5. The molecule has 2 amide bonds. The summed E-state index contributed by atoms with van der Waals surface area (Å²) in [4.78, 5) is 29.1. The van der Waals surface area contributed by atoms with Gasteiger partial charge in [-0.15, -0.1) is 0 Å². The molecule has 1 aromatic carbocycles. The number of rotatable bonds is 9. The number of amides is 2. The molecular formula is C23H30N2O4. The van der Waals surface area contributed by atoms with Crippen LogP contribution >= 0.6 is 0 Å². The van der Waals surface area contributed by atoms with Gasteiger partial charge in [-0.25, -0.2) is 0 Å². The van der Waals surface area contributed by atoms with Crippen LogP contribution in [0.1, 0.15) is 43.3 Å². The summed E-state index contributed by atoms with van der Waals surface area (Å²) < 4.78 is 11.4. The second-order valence-electron chi connectivity index (χ2n) is 7.51. The fourth-order valence-electron chi connectivity index (χ4n) is 3.57. The van der Waals surface area contributed by atoms with E-state index in [9.17, 15) is 9.59 Å².